The van der Waals surface area contributed by atoms with Crippen molar-refractivity contribution < 1.29 is 8.42 Å². The van der Waals surface area contributed by atoms with Gasteiger partial charge in [0.2, 0.25) is 15.7 Å². The second kappa shape index (κ2) is 8.07. The largest absolute Gasteiger partial charge is 0.372 e. The van der Waals surface area contributed by atoms with Gasteiger partial charge in [0.25, 0.3) is 5.16 Å². The van der Waals surface area contributed by atoms with Gasteiger partial charge in [-0.25, -0.2) is 13.4 Å². The van der Waals surface area contributed by atoms with Crippen LogP contribution in [-0.4, -0.2) is 54.1 Å². The fraction of sp³-hybridized carbons (Fsp3) is 0.273. The molecule has 2 heterocycles. The van der Waals surface area contributed by atoms with E-state index in [4.69, 9.17) is 4.99 Å². The van der Waals surface area contributed by atoms with E-state index in [0.29, 0.717) is 17.2 Å². The van der Waals surface area contributed by atoms with E-state index in [1.165, 1.54) is 4.68 Å². The standard InChI is InChI=1S/C22H24N6O2S/c1-5-27(6-2)17-12-13-18(15(3)14-17)23-20-19(16-10-8-7-9-11-16)26-28-21(20)24-25-22(28)31(4,29)30/h7-14H,5-6H2,1-4H3. The maximum absolute atomic E-state index is 12.1. The first-order valence-corrected chi connectivity index (χ1v) is 12.0. The van der Waals surface area contributed by atoms with Gasteiger partial charge < -0.3 is 4.90 Å². The normalized spacial score (nSPS) is 14.6. The first-order chi connectivity index (χ1) is 14.8. The molecule has 160 valence electrons. The van der Waals surface area contributed by atoms with Gasteiger partial charge in [-0.1, -0.05) is 30.3 Å². The number of anilines is 1. The van der Waals surface area contributed by atoms with Crippen LogP contribution in [0.5, 0.6) is 0 Å². The summed E-state index contributed by atoms with van der Waals surface area (Å²) >= 11 is 0. The molecule has 31 heavy (non-hydrogen) atoms. The van der Waals surface area contributed by atoms with Gasteiger partial charge in [-0.15, -0.1) is 10.2 Å². The molecule has 0 atom stereocenters. The maximum atomic E-state index is 12.1. The topological polar surface area (TPSA) is 92.8 Å². The van der Waals surface area contributed by atoms with Crippen molar-refractivity contribution in [2.45, 2.75) is 25.9 Å². The van der Waals surface area contributed by atoms with Crippen LogP contribution in [0.4, 0.5) is 11.4 Å². The molecule has 0 aliphatic carbocycles. The highest BCUT2D eigenvalue weighted by Crippen LogP contribution is 2.28. The summed E-state index contributed by atoms with van der Waals surface area (Å²) < 4.78 is 25.5. The number of hydrogen-bond acceptors (Lipinski definition) is 7. The number of benzene rings is 2. The average Bonchev–Trinajstić information content (AvgIpc) is 3.31. The van der Waals surface area contributed by atoms with Crippen LogP contribution in [0.2, 0.25) is 0 Å². The minimum absolute atomic E-state index is 0.199. The van der Waals surface area contributed by atoms with Crippen molar-refractivity contribution in [3.05, 3.63) is 65.5 Å². The summed E-state index contributed by atoms with van der Waals surface area (Å²) in [6, 6.07) is 15.6. The van der Waals surface area contributed by atoms with Gasteiger partial charge in [0.15, 0.2) is 0 Å². The molecule has 0 bridgehead atoms. The van der Waals surface area contributed by atoms with Crippen LogP contribution < -0.4 is 4.90 Å². The zero-order valence-electron chi connectivity index (χ0n) is 17.9. The van der Waals surface area contributed by atoms with Gasteiger partial charge in [0.05, 0.1) is 5.69 Å². The van der Waals surface area contributed by atoms with Crippen LogP contribution in [0.3, 0.4) is 0 Å². The Balaban J connectivity index is 1.86. The summed E-state index contributed by atoms with van der Waals surface area (Å²) in [4.78, 5) is 7.12. The SMILES string of the molecule is CCN(CC)c1ccc(N=C2C(c3ccccc3)=Nn3c2nnc3S(C)(=O)=O)c(C)c1. The fourth-order valence-electron chi connectivity index (χ4n) is 3.55. The molecule has 0 fully saturated rings. The Labute approximate surface area is 181 Å². The Morgan fingerprint density at radius 2 is 1.74 bits per heavy atom. The third-order valence-electron chi connectivity index (χ3n) is 5.17. The summed E-state index contributed by atoms with van der Waals surface area (Å²) in [5.41, 5.74) is 4.79. The molecule has 0 N–H and O–H groups in total. The van der Waals surface area contributed by atoms with E-state index in [2.05, 4.69) is 40.1 Å². The van der Waals surface area contributed by atoms with E-state index < -0.39 is 9.84 Å². The third kappa shape index (κ3) is 3.88. The number of hydrogen-bond donors (Lipinski definition) is 0. The van der Waals surface area contributed by atoms with E-state index in [-0.39, 0.29) is 5.16 Å². The van der Waals surface area contributed by atoms with Crippen molar-refractivity contribution in [1.82, 2.24) is 14.9 Å². The number of sulfone groups is 1. The summed E-state index contributed by atoms with van der Waals surface area (Å²) in [6.45, 7) is 8.10. The summed E-state index contributed by atoms with van der Waals surface area (Å²) in [6.07, 6.45) is 1.09. The molecule has 1 aliphatic rings. The van der Waals surface area contributed by atoms with Gasteiger partial charge in [-0.3, -0.25) is 0 Å². The van der Waals surface area contributed by atoms with Crippen molar-refractivity contribution >= 4 is 32.6 Å². The highest BCUT2D eigenvalue weighted by molar-refractivity contribution is 7.90. The van der Waals surface area contributed by atoms with Crippen LogP contribution in [0.1, 0.15) is 30.8 Å². The summed E-state index contributed by atoms with van der Waals surface area (Å²) in [7, 11) is -3.59. The molecule has 1 aromatic heterocycles. The maximum Gasteiger partial charge on any atom is 0.270 e. The van der Waals surface area contributed by atoms with Crippen LogP contribution in [0, 0.1) is 6.92 Å². The molecule has 1 aliphatic heterocycles. The van der Waals surface area contributed by atoms with Gasteiger partial charge in [-0.05, 0) is 44.5 Å². The highest BCUT2D eigenvalue weighted by atomic mass is 32.2. The number of aromatic nitrogens is 3. The molecule has 0 spiro atoms. The van der Waals surface area contributed by atoms with E-state index in [1.54, 1.807) is 0 Å². The Kier molecular flexibility index (Phi) is 5.45. The zero-order valence-corrected chi connectivity index (χ0v) is 18.8. The molecule has 9 heteroatoms. The molecule has 2 aromatic carbocycles. The lowest BCUT2D eigenvalue weighted by Crippen LogP contribution is -2.21. The molecule has 0 unspecified atom stereocenters. The fourth-order valence-corrected chi connectivity index (χ4v) is 4.18. The second-order valence-corrected chi connectivity index (χ2v) is 9.22. The molecule has 0 saturated carbocycles. The quantitative estimate of drug-likeness (QED) is 0.591. The van der Waals surface area contributed by atoms with E-state index in [0.717, 1.165) is 41.8 Å². The Bertz CT molecular complexity index is 1290. The first-order valence-electron chi connectivity index (χ1n) is 10.1. The predicted octanol–water partition coefficient (Wildman–Crippen LogP) is 3.22. The molecule has 0 amide bonds. The number of aliphatic imine (C=N–C) groups is 1. The molecule has 3 aromatic rings. The van der Waals surface area contributed by atoms with Crippen LogP contribution >= 0.6 is 0 Å². The molecule has 0 saturated heterocycles. The van der Waals surface area contributed by atoms with Crippen LogP contribution in [0.25, 0.3) is 0 Å². The molecule has 4 rings (SSSR count). The van der Waals surface area contributed by atoms with Crippen LogP contribution in [0.15, 0.2) is 63.8 Å². The zero-order chi connectivity index (χ0) is 22.2. The van der Waals surface area contributed by atoms with Crippen molar-refractivity contribution in [2.75, 3.05) is 24.2 Å². The Morgan fingerprint density at radius 1 is 1.03 bits per heavy atom. The van der Waals surface area contributed by atoms with Gasteiger partial charge >= 0.3 is 0 Å². The Morgan fingerprint density at radius 3 is 2.35 bits per heavy atom. The molecular formula is C22H24N6O2S. The number of rotatable bonds is 6. The van der Waals surface area contributed by atoms with Crippen molar-refractivity contribution in [2.24, 2.45) is 10.1 Å². The van der Waals surface area contributed by atoms with E-state index in [9.17, 15) is 8.42 Å². The van der Waals surface area contributed by atoms with Crippen molar-refractivity contribution in [1.29, 1.82) is 0 Å². The number of fused-ring (bicyclic) bond motifs is 1. The van der Waals surface area contributed by atoms with Crippen molar-refractivity contribution in [3.63, 3.8) is 0 Å². The van der Waals surface area contributed by atoms with E-state index >= 15 is 0 Å². The van der Waals surface area contributed by atoms with E-state index in [1.807, 2.05) is 49.4 Å². The molecule has 8 nitrogen and oxygen atoms in total. The minimum Gasteiger partial charge on any atom is -0.372 e. The average molecular weight is 437 g/mol. The van der Waals surface area contributed by atoms with Gasteiger partial charge in [0.1, 0.15) is 11.4 Å². The lowest BCUT2D eigenvalue weighted by Gasteiger charge is -2.21. The Hall–Kier alpha value is -3.33. The smallest absolute Gasteiger partial charge is 0.270 e. The summed E-state index contributed by atoms with van der Waals surface area (Å²) in [5, 5.41) is 12.3. The minimum atomic E-state index is -3.59. The third-order valence-corrected chi connectivity index (χ3v) is 6.09. The predicted molar refractivity (Wildman–Crippen MR) is 122 cm³/mol. The summed E-state index contributed by atoms with van der Waals surface area (Å²) in [5.74, 6) is 0.312. The monoisotopic (exact) mass is 436 g/mol. The lowest BCUT2D eigenvalue weighted by atomic mass is 10.1. The highest BCUT2D eigenvalue weighted by Gasteiger charge is 2.32. The van der Waals surface area contributed by atoms with Gasteiger partial charge in [-0.2, -0.15) is 9.78 Å². The molecule has 0 radical (unpaired) electrons. The van der Waals surface area contributed by atoms with Gasteiger partial charge in [0, 0.05) is 30.6 Å². The number of nitrogens with zero attached hydrogens (tertiary/aromatic N) is 6. The second-order valence-electron chi connectivity index (χ2n) is 7.31. The number of aryl methyl sites for hydroxylation is 1. The molecular weight excluding hydrogens is 412 g/mol. The van der Waals surface area contributed by atoms with Crippen molar-refractivity contribution in [3.8, 4) is 0 Å². The van der Waals surface area contributed by atoms with Crippen LogP contribution in [-0.2, 0) is 9.84 Å². The lowest BCUT2D eigenvalue weighted by molar-refractivity contribution is 0.583. The first kappa shape index (κ1) is 20.9.